The van der Waals surface area contributed by atoms with E-state index in [1.54, 1.807) is 18.5 Å². The minimum absolute atomic E-state index is 0.0803. The van der Waals surface area contributed by atoms with Crippen molar-refractivity contribution in [2.24, 2.45) is 5.73 Å². The van der Waals surface area contributed by atoms with Crippen molar-refractivity contribution in [1.82, 2.24) is 4.98 Å². The highest BCUT2D eigenvalue weighted by Crippen LogP contribution is 2.43. The van der Waals surface area contributed by atoms with Gasteiger partial charge in [-0.2, -0.15) is 0 Å². The maximum atomic E-state index is 10.1. The zero-order chi connectivity index (χ0) is 14.1. The number of phenolic OH excluding ortho intramolecular Hbond substituents is 2. The maximum Gasteiger partial charge on any atom is 0.161 e. The van der Waals surface area contributed by atoms with Gasteiger partial charge >= 0.3 is 0 Å². The number of hydrogen-bond acceptors (Lipinski definition) is 5. The van der Waals surface area contributed by atoms with Gasteiger partial charge in [0.15, 0.2) is 11.5 Å². The standard InChI is InChI=1S/C15H16N2O3/c16-8-14-10-1-2-12(18)15(19)11(10)7-13(20-14)9-3-5-17-6-4-9/h1-6,13-14,18-19H,7-8,16H2. The van der Waals surface area contributed by atoms with Crippen molar-refractivity contribution >= 4 is 0 Å². The van der Waals surface area contributed by atoms with Crippen LogP contribution in [0.15, 0.2) is 36.7 Å². The van der Waals surface area contributed by atoms with Crippen LogP contribution in [-0.4, -0.2) is 21.7 Å². The van der Waals surface area contributed by atoms with Crippen LogP contribution < -0.4 is 5.73 Å². The van der Waals surface area contributed by atoms with Gasteiger partial charge in [0.2, 0.25) is 0 Å². The van der Waals surface area contributed by atoms with Crippen molar-refractivity contribution in [3.05, 3.63) is 53.3 Å². The molecule has 0 saturated heterocycles. The van der Waals surface area contributed by atoms with Crippen molar-refractivity contribution in [3.8, 4) is 11.5 Å². The van der Waals surface area contributed by atoms with Gasteiger partial charge in [-0.3, -0.25) is 4.98 Å². The molecular weight excluding hydrogens is 256 g/mol. The lowest BCUT2D eigenvalue weighted by atomic mass is 9.90. The lowest BCUT2D eigenvalue weighted by Gasteiger charge is -2.32. The fraction of sp³-hybridized carbons (Fsp3) is 0.267. The molecule has 104 valence electrons. The van der Waals surface area contributed by atoms with Crippen LogP contribution >= 0.6 is 0 Å². The maximum absolute atomic E-state index is 10.1. The third-order valence-corrected chi connectivity index (χ3v) is 3.65. The van der Waals surface area contributed by atoms with Gasteiger partial charge in [-0.25, -0.2) is 0 Å². The smallest absolute Gasteiger partial charge is 0.161 e. The van der Waals surface area contributed by atoms with Crippen molar-refractivity contribution in [3.63, 3.8) is 0 Å². The Balaban J connectivity index is 2.03. The Kier molecular flexibility index (Phi) is 3.30. The summed E-state index contributed by atoms with van der Waals surface area (Å²) in [6.45, 7) is 0.318. The minimum atomic E-state index is -0.289. The Morgan fingerprint density at radius 3 is 2.65 bits per heavy atom. The minimum Gasteiger partial charge on any atom is -0.504 e. The van der Waals surface area contributed by atoms with E-state index in [1.807, 2.05) is 12.1 Å². The second-order valence-electron chi connectivity index (χ2n) is 4.83. The summed E-state index contributed by atoms with van der Waals surface area (Å²) in [7, 11) is 0. The molecular formula is C15H16N2O3. The van der Waals surface area contributed by atoms with Gasteiger partial charge in [-0.1, -0.05) is 6.07 Å². The van der Waals surface area contributed by atoms with Crippen molar-refractivity contribution in [1.29, 1.82) is 0 Å². The summed E-state index contributed by atoms with van der Waals surface area (Å²) in [5, 5.41) is 19.7. The van der Waals surface area contributed by atoms with Gasteiger partial charge in [-0.15, -0.1) is 0 Å². The first-order valence-electron chi connectivity index (χ1n) is 6.50. The van der Waals surface area contributed by atoms with E-state index in [0.717, 1.165) is 11.1 Å². The van der Waals surface area contributed by atoms with Gasteiger partial charge in [0.25, 0.3) is 0 Å². The van der Waals surface area contributed by atoms with Gasteiger partial charge in [-0.05, 0) is 29.3 Å². The summed E-state index contributed by atoms with van der Waals surface area (Å²) < 4.78 is 6.00. The number of ether oxygens (including phenoxy) is 1. The monoisotopic (exact) mass is 272 g/mol. The molecule has 5 nitrogen and oxygen atoms in total. The summed E-state index contributed by atoms with van der Waals surface area (Å²) in [4.78, 5) is 3.99. The molecule has 0 fully saturated rings. The van der Waals surface area contributed by atoms with Crippen molar-refractivity contribution in [2.45, 2.75) is 18.6 Å². The number of nitrogens with zero attached hydrogens (tertiary/aromatic N) is 1. The predicted octanol–water partition coefficient (Wildman–Crippen LogP) is 1.81. The van der Waals surface area contributed by atoms with E-state index < -0.39 is 0 Å². The molecule has 0 amide bonds. The van der Waals surface area contributed by atoms with Crippen LogP contribution in [-0.2, 0) is 11.2 Å². The molecule has 1 aliphatic rings. The van der Waals surface area contributed by atoms with Crippen LogP contribution in [0.1, 0.15) is 28.9 Å². The molecule has 0 saturated carbocycles. The molecule has 0 radical (unpaired) electrons. The molecule has 4 N–H and O–H groups in total. The molecule has 3 rings (SSSR count). The van der Waals surface area contributed by atoms with Gasteiger partial charge in [0.05, 0.1) is 12.2 Å². The molecule has 2 atom stereocenters. The van der Waals surface area contributed by atoms with Gasteiger partial charge in [0, 0.05) is 30.9 Å². The molecule has 2 heterocycles. The molecule has 1 aromatic carbocycles. The third kappa shape index (κ3) is 2.11. The van der Waals surface area contributed by atoms with E-state index in [-0.39, 0.29) is 23.7 Å². The Hall–Kier alpha value is -2.11. The average molecular weight is 272 g/mol. The Labute approximate surface area is 116 Å². The zero-order valence-electron chi connectivity index (χ0n) is 10.9. The Bertz CT molecular complexity index is 616. The van der Waals surface area contributed by atoms with Crippen LogP contribution in [0.25, 0.3) is 0 Å². The molecule has 20 heavy (non-hydrogen) atoms. The van der Waals surface area contributed by atoms with E-state index in [1.165, 1.54) is 6.07 Å². The van der Waals surface area contributed by atoms with Crippen LogP contribution in [0.3, 0.4) is 0 Å². The summed E-state index contributed by atoms with van der Waals surface area (Å²) in [6, 6.07) is 6.98. The molecule has 1 aromatic heterocycles. The first-order valence-corrected chi connectivity index (χ1v) is 6.50. The normalized spacial score (nSPS) is 21.4. The fourth-order valence-corrected chi connectivity index (χ4v) is 2.62. The number of phenols is 2. The topological polar surface area (TPSA) is 88.6 Å². The average Bonchev–Trinajstić information content (AvgIpc) is 2.51. The predicted molar refractivity (Wildman–Crippen MR) is 73.3 cm³/mol. The first-order chi connectivity index (χ1) is 9.70. The van der Waals surface area contributed by atoms with E-state index in [0.29, 0.717) is 18.5 Å². The van der Waals surface area contributed by atoms with E-state index in [4.69, 9.17) is 10.5 Å². The Morgan fingerprint density at radius 1 is 1.20 bits per heavy atom. The number of fused-ring (bicyclic) bond motifs is 1. The number of aromatic hydroxyl groups is 2. The molecule has 0 aliphatic carbocycles. The van der Waals surface area contributed by atoms with E-state index in [9.17, 15) is 10.2 Å². The van der Waals surface area contributed by atoms with Crippen LogP contribution in [0.2, 0.25) is 0 Å². The molecule has 2 unspecified atom stereocenters. The number of aromatic nitrogens is 1. The highest BCUT2D eigenvalue weighted by molar-refractivity contribution is 5.51. The summed E-state index contributed by atoms with van der Waals surface area (Å²) in [6.07, 6.45) is 3.41. The lowest BCUT2D eigenvalue weighted by molar-refractivity contribution is -0.0231. The van der Waals surface area contributed by atoms with Crippen molar-refractivity contribution < 1.29 is 14.9 Å². The quantitative estimate of drug-likeness (QED) is 0.725. The second kappa shape index (κ2) is 5.11. The summed E-state index contributed by atoms with van der Waals surface area (Å²) >= 11 is 0. The van der Waals surface area contributed by atoms with E-state index >= 15 is 0 Å². The lowest BCUT2D eigenvalue weighted by Crippen LogP contribution is -2.25. The van der Waals surface area contributed by atoms with E-state index in [2.05, 4.69) is 4.98 Å². The number of nitrogens with two attached hydrogens (primary N) is 1. The second-order valence-corrected chi connectivity index (χ2v) is 4.83. The van der Waals surface area contributed by atoms with Gasteiger partial charge in [0.1, 0.15) is 0 Å². The highest BCUT2D eigenvalue weighted by Gasteiger charge is 2.30. The summed E-state index contributed by atoms with van der Waals surface area (Å²) in [5.74, 6) is -0.196. The van der Waals surface area contributed by atoms with Gasteiger partial charge < -0.3 is 20.7 Å². The summed E-state index contributed by atoms with van der Waals surface area (Å²) in [5.41, 5.74) is 8.29. The first kappa shape index (κ1) is 12.9. The van der Waals surface area contributed by atoms with Crippen LogP contribution in [0, 0.1) is 0 Å². The third-order valence-electron chi connectivity index (χ3n) is 3.65. The molecule has 2 aromatic rings. The zero-order valence-corrected chi connectivity index (χ0v) is 10.9. The number of benzene rings is 1. The number of hydrogen-bond donors (Lipinski definition) is 3. The molecule has 1 aliphatic heterocycles. The Morgan fingerprint density at radius 2 is 1.95 bits per heavy atom. The number of pyridine rings is 1. The SMILES string of the molecule is NCC1OC(c2ccncc2)Cc2c1ccc(O)c2O. The number of rotatable bonds is 2. The highest BCUT2D eigenvalue weighted by atomic mass is 16.5. The van der Waals surface area contributed by atoms with Crippen LogP contribution in [0.4, 0.5) is 0 Å². The van der Waals surface area contributed by atoms with Crippen LogP contribution in [0.5, 0.6) is 11.5 Å². The fourth-order valence-electron chi connectivity index (χ4n) is 2.62. The van der Waals surface area contributed by atoms with Crippen molar-refractivity contribution in [2.75, 3.05) is 6.54 Å². The molecule has 0 spiro atoms. The molecule has 5 heteroatoms. The molecule has 0 bridgehead atoms. The largest absolute Gasteiger partial charge is 0.504 e.